The lowest BCUT2D eigenvalue weighted by molar-refractivity contribution is 0.102. The SMILES string of the molecule is Cc1ccc(NC(=O)c2ccc(CC(C)C)cc2)c(O)c1. The van der Waals surface area contributed by atoms with E-state index >= 15 is 0 Å². The van der Waals surface area contributed by atoms with Gasteiger partial charge in [-0.3, -0.25) is 4.79 Å². The Morgan fingerprint density at radius 1 is 1.14 bits per heavy atom. The summed E-state index contributed by atoms with van der Waals surface area (Å²) in [6, 6.07) is 12.8. The number of carbonyl (C=O) groups excluding carboxylic acids is 1. The number of anilines is 1. The zero-order valence-electron chi connectivity index (χ0n) is 12.7. The summed E-state index contributed by atoms with van der Waals surface area (Å²) in [6.07, 6.45) is 1.00. The standard InChI is InChI=1S/C18H21NO2/c1-12(2)10-14-5-7-15(8-6-14)18(21)19-16-9-4-13(3)11-17(16)20/h4-9,11-12,20H,10H2,1-3H3,(H,19,21). The van der Waals surface area contributed by atoms with Crippen LogP contribution in [0.15, 0.2) is 42.5 Å². The lowest BCUT2D eigenvalue weighted by atomic mass is 10.0. The van der Waals surface area contributed by atoms with Gasteiger partial charge in [-0.25, -0.2) is 0 Å². The Hall–Kier alpha value is -2.29. The molecule has 0 spiro atoms. The number of carbonyl (C=O) groups is 1. The molecule has 0 saturated heterocycles. The summed E-state index contributed by atoms with van der Waals surface area (Å²) in [7, 11) is 0. The van der Waals surface area contributed by atoms with E-state index in [-0.39, 0.29) is 11.7 Å². The minimum atomic E-state index is -0.217. The van der Waals surface area contributed by atoms with Crippen LogP contribution in [0, 0.1) is 12.8 Å². The van der Waals surface area contributed by atoms with Gasteiger partial charge in [0.15, 0.2) is 0 Å². The first kappa shape index (κ1) is 15.1. The third-order valence-electron chi connectivity index (χ3n) is 3.26. The van der Waals surface area contributed by atoms with Gasteiger partial charge < -0.3 is 10.4 Å². The number of phenols is 1. The van der Waals surface area contributed by atoms with E-state index in [1.165, 1.54) is 5.56 Å². The molecule has 2 rings (SSSR count). The first-order valence-corrected chi connectivity index (χ1v) is 7.15. The number of aromatic hydroxyl groups is 1. The first-order valence-electron chi connectivity index (χ1n) is 7.15. The number of aryl methyl sites for hydroxylation is 1. The number of amides is 1. The molecule has 21 heavy (non-hydrogen) atoms. The number of benzene rings is 2. The third kappa shape index (κ3) is 4.09. The van der Waals surface area contributed by atoms with E-state index in [4.69, 9.17) is 0 Å². The average Bonchev–Trinajstić information content (AvgIpc) is 2.42. The summed E-state index contributed by atoms with van der Waals surface area (Å²) in [5, 5.41) is 12.5. The predicted molar refractivity (Wildman–Crippen MR) is 85.8 cm³/mol. The molecule has 3 nitrogen and oxygen atoms in total. The molecule has 0 atom stereocenters. The summed E-state index contributed by atoms with van der Waals surface area (Å²) in [5.74, 6) is 0.458. The van der Waals surface area contributed by atoms with Crippen LogP contribution in [-0.2, 0) is 6.42 Å². The van der Waals surface area contributed by atoms with Gasteiger partial charge in [0.2, 0.25) is 0 Å². The van der Waals surface area contributed by atoms with Crippen LogP contribution in [0.5, 0.6) is 5.75 Å². The van der Waals surface area contributed by atoms with Crippen molar-refractivity contribution < 1.29 is 9.90 Å². The van der Waals surface area contributed by atoms with Gasteiger partial charge >= 0.3 is 0 Å². The second-order valence-electron chi connectivity index (χ2n) is 5.77. The van der Waals surface area contributed by atoms with E-state index in [9.17, 15) is 9.90 Å². The van der Waals surface area contributed by atoms with Crippen LogP contribution in [0.3, 0.4) is 0 Å². The summed E-state index contributed by atoms with van der Waals surface area (Å²) in [4.78, 5) is 12.2. The number of hydrogen-bond acceptors (Lipinski definition) is 2. The smallest absolute Gasteiger partial charge is 0.255 e. The highest BCUT2D eigenvalue weighted by molar-refractivity contribution is 6.05. The minimum absolute atomic E-state index is 0.0831. The molecule has 0 heterocycles. The lowest BCUT2D eigenvalue weighted by Crippen LogP contribution is -2.12. The Morgan fingerprint density at radius 3 is 2.38 bits per heavy atom. The van der Waals surface area contributed by atoms with Crippen molar-refractivity contribution in [3.05, 3.63) is 59.2 Å². The number of rotatable bonds is 4. The molecule has 0 aromatic heterocycles. The molecule has 0 unspecified atom stereocenters. The third-order valence-corrected chi connectivity index (χ3v) is 3.26. The maximum atomic E-state index is 12.2. The second-order valence-corrected chi connectivity index (χ2v) is 5.77. The van der Waals surface area contributed by atoms with E-state index in [0.29, 0.717) is 17.2 Å². The molecule has 2 aromatic carbocycles. The zero-order chi connectivity index (χ0) is 15.4. The van der Waals surface area contributed by atoms with Crippen molar-refractivity contribution in [3.63, 3.8) is 0 Å². The molecule has 2 aromatic rings. The van der Waals surface area contributed by atoms with Gasteiger partial charge in [0, 0.05) is 5.56 Å². The molecular formula is C18H21NO2. The lowest BCUT2D eigenvalue weighted by Gasteiger charge is -2.09. The fourth-order valence-electron chi connectivity index (χ4n) is 2.21. The molecule has 1 amide bonds. The molecule has 0 bridgehead atoms. The van der Waals surface area contributed by atoms with Gasteiger partial charge in [-0.15, -0.1) is 0 Å². The van der Waals surface area contributed by atoms with E-state index in [1.807, 2.05) is 37.3 Å². The summed E-state index contributed by atoms with van der Waals surface area (Å²) in [6.45, 7) is 6.22. The summed E-state index contributed by atoms with van der Waals surface area (Å²) < 4.78 is 0. The van der Waals surface area contributed by atoms with Crippen molar-refractivity contribution in [2.45, 2.75) is 27.2 Å². The van der Waals surface area contributed by atoms with Crippen molar-refractivity contribution in [2.24, 2.45) is 5.92 Å². The van der Waals surface area contributed by atoms with Crippen molar-refractivity contribution in [1.29, 1.82) is 0 Å². The Balaban J connectivity index is 2.09. The maximum Gasteiger partial charge on any atom is 0.255 e. The van der Waals surface area contributed by atoms with E-state index in [2.05, 4.69) is 19.2 Å². The molecule has 0 aliphatic heterocycles. The monoisotopic (exact) mass is 283 g/mol. The number of nitrogens with one attached hydrogen (secondary N) is 1. The average molecular weight is 283 g/mol. The normalized spacial score (nSPS) is 10.7. The molecule has 0 radical (unpaired) electrons. The van der Waals surface area contributed by atoms with Gasteiger partial charge in [-0.1, -0.05) is 32.0 Å². The van der Waals surface area contributed by atoms with Crippen molar-refractivity contribution in [1.82, 2.24) is 0 Å². The van der Waals surface area contributed by atoms with Crippen LogP contribution in [0.1, 0.15) is 35.3 Å². The zero-order valence-corrected chi connectivity index (χ0v) is 12.7. The Labute approximate surface area is 125 Å². The highest BCUT2D eigenvalue weighted by atomic mass is 16.3. The Kier molecular flexibility index (Phi) is 4.63. The molecule has 2 N–H and O–H groups in total. The van der Waals surface area contributed by atoms with E-state index in [1.54, 1.807) is 12.1 Å². The number of hydrogen-bond donors (Lipinski definition) is 2. The molecule has 0 aliphatic carbocycles. The molecule has 0 fully saturated rings. The van der Waals surface area contributed by atoms with Gasteiger partial charge in [-0.05, 0) is 54.7 Å². The molecule has 110 valence electrons. The molecule has 0 saturated carbocycles. The van der Waals surface area contributed by atoms with Gasteiger partial charge in [0.05, 0.1) is 5.69 Å². The first-order chi connectivity index (χ1) is 9.95. The van der Waals surface area contributed by atoms with Crippen LogP contribution in [-0.4, -0.2) is 11.0 Å². The van der Waals surface area contributed by atoms with Crippen molar-refractivity contribution >= 4 is 11.6 Å². The van der Waals surface area contributed by atoms with Gasteiger partial charge in [0.1, 0.15) is 5.75 Å². The molecular weight excluding hydrogens is 262 g/mol. The van der Waals surface area contributed by atoms with Gasteiger partial charge in [-0.2, -0.15) is 0 Å². The fourth-order valence-corrected chi connectivity index (χ4v) is 2.21. The summed E-state index contributed by atoms with van der Waals surface area (Å²) in [5.41, 5.74) is 3.18. The second kappa shape index (κ2) is 6.44. The van der Waals surface area contributed by atoms with E-state index < -0.39 is 0 Å². The van der Waals surface area contributed by atoms with E-state index in [0.717, 1.165) is 12.0 Å². The predicted octanol–water partition coefficient (Wildman–Crippen LogP) is 4.15. The molecule has 3 heteroatoms. The van der Waals surface area contributed by atoms with Crippen LogP contribution >= 0.6 is 0 Å². The largest absolute Gasteiger partial charge is 0.506 e. The topological polar surface area (TPSA) is 49.3 Å². The minimum Gasteiger partial charge on any atom is -0.506 e. The van der Waals surface area contributed by atoms with Crippen molar-refractivity contribution in [3.8, 4) is 5.75 Å². The molecule has 0 aliphatic rings. The van der Waals surface area contributed by atoms with Crippen LogP contribution < -0.4 is 5.32 Å². The highest BCUT2D eigenvalue weighted by Crippen LogP contribution is 2.24. The van der Waals surface area contributed by atoms with Crippen LogP contribution in [0.4, 0.5) is 5.69 Å². The maximum absolute atomic E-state index is 12.2. The Morgan fingerprint density at radius 2 is 1.81 bits per heavy atom. The van der Waals surface area contributed by atoms with Crippen LogP contribution in [0.25, 0.3) is 0 Å². The van der Waals surface area contributed by atoms with Crippen LogP contribution in [0.2, 0.25) is 0 Å². The Bertz CT molecular complexity index is 630. The highest BCUT2D eigenvalue weighted by Gasteiger charge is 2.09. The fraction of sp³-hybridized carbons (Fsp3) is 0.278. The van der Waals surface area contributed by atoms with Crippen molar-refractivity contribution in [2.75, 3.05) is 5.32 Å². The number of phenolic OH excluding ortho intramolecular Hbond substituents is 1. The van der Waals surface area contributed by atoms with Gasteiger partial charge in [0.25, 0.3) is 5.91 Å². The quantitative estimate of drug-likeness (QED) is 0.828. The summed E-state index contributed by atoms with van der Waals surface area (Å²) >= 11 is 0.